The van der Waals surface area contributed by atoms with Crippen molar-refractivity contribution in [3.8, 4) is 0 Å². The summed E-state index contributed by atoms with van der Waals surface area (Å²) in [6.07, 6.45) is 2.83. The van der Waals surface area contributed by atoms with Crippen molar-refractivity contribution in [2.45, 2.75) is 12.5 Å². The molecule has 0 aliphatic carbocycles. The third-order valence-electron chi connectivity index (χ3n) is 2.31. The molecule has 0 aliphatic rings. The molecule has 1 heterocycles. The Morgan fingerprint density at radius 3 is 2.72 bits per heavy atom. The number of aliphatic hydroxyl groups excluding tert-OH is 1. The Bertz CT molecular complexity index is 436. The highest BCUT2D eigenvalue weighted by molar-refractivity contribution is 7.89. The molecule has 0 saturated carbocycles. The first-order chi connectivity index (χ1) is 8.53. The van der Waals surface area contributed by atoms with Gasteiger partial charge in [0.15, 0.2) is 0 Å². The summed E-state index contributed by atoms with van der Waals surface area (Å²) in [6, 6.07) is 3.55. The molecule has 7 heteroatoms. The molecule has 1 aromatic heterocycles. The molecule has 1 atom stereocenters. The first-order valence-corrected chi connectivity index (χ1v) is 7.22. The van der Waals surface area contributed by atoms with Crippen LogP contribution in [0.5, 0.6) is 0 Å². The number of aromatic nitrogens is 1. The Hall–Kier alpha value is -1.02. The number of nitrogens with zero attached hydrogens (tertiary/aromatic N) is 1. The third-order valence-corrected chi connectivity index (χ3v) is 3.65. The quantitative estimate of drug-likeness (QED) is 0.670. The maximum absolute atomic E-state index is 11.6. The van der Waals surface area contributed by atoms with Gasteiger partial charge in [-0.15, -0.1) is 0 Å². The first kappa shape index (κ1) is 15.0. The zero-order chi connectivity index (χ0) is 13.4. The van der Waals surface area contributed by atoms with Crippen molar-refractivity contribution < 1.29 is 18.3 Å². The number of sulfonamides is 1. The van der Waals surface area contributed by atoms with Gasteiger partial charge >= 0.3 is 0 Å². The molecule has 0 radical (unpaired) electrons. The minimum absolute atomic E-state index is 0.0171. The van der Waals surface area contributed by atoms with Crippen LogP contribution in [0.3, 0.4) is 0 Å². The van der Waals surface area contributed by atoms with Gasteiger partial charge in [0.25, 0.3) is 0 Å². The molecule has 2 N–H and O–H groups in total. The molecular formula is C11H18N2O4S. The van der Waals surface area contributed by atoms with Crippen molar-refractivity contribution in [3.63, 3.8) is 0 Å². The molecule has 1 aromatic rings. The average Bonchev–Trinajstić information content (AvgIpc) is 2.36. The van der Waals surface area contributed by atoms with Gasteiger partial charge in [-0.05, 0) is 24.1 Å². The first-order valence-electron chi connectivity index (χ1n) is 5.57. The molecule has 0 fully saturated rings. The molecule has 1 rings (SSSR count). The Labute approximate surface area is 107 Å². The van der Waals surface area contributed by atoms with Crippen LogP contribution in [-0.2, 0) is 21.2 Å². The number of pyridine rings is 1. The van der Waals surface area contributed by atoms with Gasteiger partial charge < -0.3 is 9.84 Å². The van der Waals surface area contributed by atoms with Crippen molar-refractivity contribution in [1.29, 1.82) is 0 Å². The van der Waals surface area contributed by atoms with Gasteiger partial charge in [0.2, 0.25) is 10.0 Å². The van der Waals surface area contributed by atoms with E-state index < -0.39 is 16.1 Å². The highest BCUT2D eigenvalue weighted by Gasteiger charge is 2.12. The summed E-state index contributed by atoms with van der Waals surface area (Å²) in [5.74, 6) is -0.0171. The lowest BCUT2D eigenvalue weighted by molar-refractivity contribution is 0.0679. The van der Waals surface area contributed by atoms with E-state index in [4.69, 9.17) is 4.74 Å². The number of aliphatic hydroxyl groups is 1. The van der Waals surface area contributed by atoms with Crippen LogP contribution >= 0.6 is 0 Å². The average molecular weight is 274 g/mol. The number of methoxy groups -OCH3 is 1. The van der Waals surface area contributed by atoms with E-state index >= 15 is 0 Å². The Morgan fingerprint density at radius 1 is 1.44 bits per heavy atom. The van der Waals surface area contributed by atoms with Crippen molar-refractivity contribution >= 4 is 10.0 Å². The van der Waals surface area contributed by atoms with Gasteiger partial charge in [-0.25, -0.2) is 13.1 Å². The van der Waals surface area contributed by atoms with Gasteiger partial charge in [0, 0.05) is 26.0 Å². The van der Waals surface area contributed by atoms with E-state index in [9.17, 15) is 13.5 Å². The van der Waals surface area contributed by atoms with Crippen LogP contribution in [0.1, 0.15) is 5.56 Å². The van der Waals surface area contributed by atoms with Crippen LogP contribution < -0.4 is 4.72 Å². The van der Waals surface area contributed by atoms with Crippen LogP contribution in [0.25, 0.3) is 0 Å². The summed E-state index contributed by atoms with van der Waals surface area (Å²) >= 11 is 0. The minimum Gasteiger partial charge on any atom is -0.389 e. The topological polar surface area (TPSA) is 88.5 Å². The molecule has 1 unspecified atom stereocenters. The van der Waals surface area contributed by atoms with Crippen molar-refractivity contribution in [2.75, 3.05) is 26.0 Å². The zero-order valence-electron chi connectivity index (χ0n) is 10.2. The number of ether oxygens (including phenoxy) is 1. The maximum Gasteiger partial charge on any atom is 0.212 e. The summed E-state index contributed by atoms with van der Waals surface area (Å²) in [4.78, 5) is 3.86. The highest BCUT2D eigenvalue weighted by Crippen LogP contribution is 2.00. The highest BCUT2D eigenvalue weighted by atomic mass is 32.2. The second kappa shape index (κ2) is 7.42. The van der Waals surface area contributed by atoms with Crippen molar-refractivity contribution in [2.24, 2.45) is 0 Å². The molecule has 0 bridgehead atoms. The van der Waals surface area contributed by atoms with E-state index in [0.717, 1.165) is 5.56 Å². The molecule has 0 amide bonds. The zero-order valence-corrected chi connectivity index (χ0v) is 11.1. The maximum atomic E-state index is 11.6. The number of nitrogens with one attached hydrogen (secondary N) is 1. The monoisotopic (exact) mass is 274 g/mol. The lowest BCUT2D eigenvalue weighted by Gasteiger charge is -2.11. The lowest BCUT2D eigenvalue weighted by Crippen LogP contribution is -2.36. The normalized spacial score (nSPS) is 13.4. The van der Waals surface area contributed by atoms with Crippen LogP contribution in [0.2, 0.25) is 0 Å². The molecule has 18 heavy (non-hydrogen) atoms. The van der Waals surface area contributed by atoms with E-state index in [1.807, 2.05) is 0 Å². The van der Waals surface area contributed by atoms with Crippen LogP contribution in [0, 0.1) is 0 Å². The molecule has 0 aromatic carbocycles. The predicted octanol–water partition coefficient (Wildman–Crippen LogP) is -0.449. The number of rotatable bonds is 8. The second-order valence-electron chi connectivity index (χ2n) is 3.88. The van der Waals surface area contributed by atoms with E-state index in [-0.39, 0.29) is 18.9 Å². The molecule has 102 valence electrons. The van der Waals surface area contributed by atoms with Crippen molar-refractivity contribution in [3.05, 3.63) is 30.1 Å². The Balaban J connectivity index is 2.36. The summed E-state index contributed by atoms with van der Waals surface area (Å²) in [5.41, 5.74) is 0.910. The molecule has 0 aliphatic heterocycles. The predicted molar refractivity (Wildman–Crippen MR) is 67.6 cm³/mol. The lowest BCUT2D eigenvalue weighted by atomic mass is 10.2. The van der Waals surface area contributed by atoms with Crippen LogP contribution in [0.15, 0.2) is 24.5 Å². The number of hydrogen-bond acceptors (Lipinski definition) is 5. The summed E-state index contributed by atoms with van der Waals surface area (Å²) in [6.45, 7) is 0.0688. The van der Waals surface area contributed by atoms with Crippen LogP contribution in [-0.4, -0.2) is 50.6 Å². The molecule has 6 nitrogen and oxygen atoms in total. The fourth-order valence-corrected chi connectivity index (χ4v) is 2.44. The number of aryl methyl sites for hydroxylation is 1. The standard InChI is InChI=1S/C11H18N2O4S/c1-17-9-11(14)8-13-18(15,16)7-4-10-2-5-12-6-3-10/h2-3,5-6,11,13-14H,4,7-9H2,1H3. The van der Waals surface area contributed by atoms with Gasteiger partial charge in [0.1, 0.15) is 0 Å². The van der Waals surface area contributed by atoms with Crippen molar-refractivity contribution in [1.82, 2.24) is 9.71 Å². The molecular weight excluding hydrogens is 256 g/mol. The van der Waals surface area contributed by atoms with Gasteiger partial charge in [-0.3, -0.25) is 4.98 Å². The van der Waals surface area contributed by atoms with E-state index in [2.05, 4.69) is 9.71 Å². The fourth-order valence-electron chi connectivity index (χ4n) is 1.35. The Morgan fingerprint density at radius 2 is 2.11 bits per heavy atom. The fraction of sp³-hybridized carbons (Fsp3) is 0.545. The third kappa shape index (κ3) is 6.06. The van der Waals surface area contributed by atoms with E-state index in [1.165, 1.54) is 7.11 Å². The minimum atomic E-state index is -3.38. The largest absolute Gasteiger partial charge is 0.389 e. The van der Waals surface area contributed by atoms with Gasteiger partial charge in [-0.1, -0.05) is 0 Å². The Kier molecular flexibility index (Phi) is 6.20. The summed E-state index contributed by atoms with van der Waals surface area (Å²) in [5, 5.41) is 9.34. The van der Waals surface area contributed by atoms with E-state index in [1.54, 1.807) is 24.5 Å². The van der Waals surface area contributed by atoms with Gasteiger partial charge in [-0.2, -0.15) is 0 Å². The second-order valence-corrected chi connectivity index (χ2v) is 5.81. The summed E-state index contributed by atoms with van der Waals surface area (Å²) in [7, 11) is -1.93. The van der Waals surface area contributed by atoms with Gasteiger partial charge in [0.05, 0.1) is 18.5 Å². The number of hydrogen-bond donors (Lipinski definition) is 2. The molecule has 0 saturated heterocycles. The summed E-state index contributed by atoms with van der Waals surface area (Å²) < 4.78 is 30.3. The molecule has 0 spiro atoms. The SMILES string of the molecule is COCC(O)CNS(=O)(=O)CCc1ccncc1. The van der Waals surface area contributed by atoms with E-state index in [0.29, 0.717) is 6.42 Å². The smallest absolute Gasteiger partial charge is 0.212 e. The van der Waals surface area contributed by atoms with Crippen LogP contribution in [0.4, 0.5) is 0 Å².